The predicted molar refractivity (Wildman–Crippen MR) is 128 cm³/mol. The van der Waals surface area contributed by atoms with E-state index in [9.17, 15) is 13.6 Å². The molecule has 0 amide bonds. The molecule has 0 saturated carbocycles. The number of carbonyl (C=O) groups excluding carboxylic acids is 1. The van der Waals surface area contributed by atoms with Gasteiger partial charge < -0.3 is 4.74 Å². The second-order valence-electron chi connectivity index (χ2n) is 7.96. The molecule has 0 aliphatic heterocycles. The number of carbonyl (C=O) groups is 1. The fourth-order valence-electron chi connectivity index (χ4n) is 3.98. The van der Waals surface area contributed by atoms with Crippen LogP contribution in [0.15, 0.2) is 55.1 Å². The quantitative estimate of drug-likeness (QED) is 0.286. The number of alkyl halides is 2. The Morgan fingerprint density at radius 2 is 1.86 bits per heavy atom. The van der Waals surface area contributed by atoms with Crippen molar-refractivity contribution in [1.29, 1.82) is 0 Å². The Bertz CT molecular complexity index is 1410. The summed E-state index contributed by atoms with van der Waals surface area (Å²) < 4.78 is 33.2. The van der Waals surface area contributed by atoms with E-state index >= 15 is 0 Å². The number of para-hydroxylation sites is 1. The molecule has 7 nitrogen and oxygen atoms in total. The number of hydrogen-bond donors (Lipinski definition) is 0. The number of fused-ring (bicyclic) bond motifs is 1. The van der Waals surface area contributed by atoms with E-state index in [1.54, 1.807) is 23.0 Å². The molecule has 178 valence electrons. The largest absolute Gasteiger partial charge is 0.433 e. The van der Waals surface area contributed by atoms with Crippen molar-refractivity contribution in [2.45, 2.75) is 26.0 Å². The summed E-state index contributed by atoms with van der Waals surface area (Å²) in [4.78, 5) is 26.7. The summed E-state index contributed by atoms with van der Waals surface area (Å²) in [6.45, 7) is -1.05. The lowest BCUT2D eigenvalue weighted by atomic mass is 10.1. The van der Waals surface area contributed by atoms with Gasteiger partial charge in [0.25, 0.3) is 0 Å². The van der Waals surface area contributed by atoms with Gasteiger partial charge in [-0.25, -0.2) is 15.0 Å². The molecule has 0 saturated heterocycles. The number of halogens is 2. The first kappa shape index (κ1) is 24.0. The van der Waals surface area contributed by atoms with Crippen LogP contribution in [0.25, 0.3) is 16.7 Å². The van der Waals surface area contributed by atoms with Crippen molar-refractivity contribution in [2.24, 2.45) is 0 Å². The van der Waals surface area contributed by atoms with Crippen molar-refractivity contribution in [3.63, 3.8) is 0 Å². The molecule has 0 N–H and O–H groups in total. The van der Waals surface area contributed by atoms with Crippen molar-refractivity contribution in [3.05, 3.63) is 77.6 Å². The van der Waals surface area contributed by atoms with Crippen LogP contribution in [0.4, 0.5) is 8.78 Å². The summed E-state index contributed by atoms with van der Waals surface area (Å²) in [5.74, 6) is 6.58. The molecular weight excluding hydrogens is 452 g/mol. The molecule has 4 rings (SSSR count). The van der Waals surface area contributed by atoms with Gasteiger partial charge in [0.2, 0.25) is 0 Å². The highest BCUT2D eigenvalue weighted by Gasteiger charge is 2.26. The molecule has 0 fully saturated rings. The number of aldehydes is 1. The number of aromatic nitrogens is 4. The smallest absolute Gasteiger partial charge is 0.387 e. The average Bonchev–Trinajstić information content (AvgIpc) is 3.21. The summed E-state index contributed by atoms with van der Waals surface area (Å²) >= 11 is 0. The fourth-order valence-corrected chi connectivity index (χ4v) is 3.98. The van der Waals surface area contributed by atoms with Crippen molar-refractivity contribution in [1.82, 2.24) is 24.4 Å². The van der Waals surface area contributed by atoms with Crippen LogP contribution in [-0.4, -0.2) is 51.4 Å². The van der Waals surface area contributed by atoms with Gasteiger partial charge in [-0.2, -0.15) is 8.78 Å². The number of benzene rings is 2. The van der Waals surface area contributed by atoms with Crippen LogP contribution in [-0.2, 0) is 0 Å². The van der Waals surface area contributed by atoms with E-state index in [1.807, 2.05) is 44.1 Å². The SMILES string of the molecule is CCC(c1nc2ccc(C#Cc3cncnc3)cc2n1-c1c(C=O)cccc1OC(F)F)N(C)C. The highest BCUT2D eigenvalue weighted by Crippen LogP contribution is 2.35. The minimum Gasteiger partial charge on any atom is -0.433 e. The highest BCUT2D eigenvalue weighted by atomic mass is 19.3. The monoisotopic (exact) mass is 475 g/mol. The second-order valence-corrected chi connectivity index (χ2v) is 7.96. The van der Waals surface area contributed by atoms with Gasteiger partial charge in [-0.05, 0) is 50.8 Å². The zero-order valence-corrected chi connectivity index (χ0v) is 19.4. The van der Waals surface area contributed by atoms with Gasteiger partial charge in [0.1, 0.15) is 17.8 Å². The Morgan fingerprint density at radius 3 is 2.51 bits per heavy atom. The maximum absolute atomic E-state index is 13.3. The number of imidazole rings is 1. The molecule has 4 aromatic rings. The Kier molecular flexibility index (Phi) is 7.13. The van der Waals surface area contributed by atoms with Crippen LogP contribution in [0, 0.1) is 11.8 Å². The lowest BCUT2D eigenvalue weighted by Gasteiger charge is -2.25. The number of rotatable bonds is 7. The first-order valence-electron chi connectivity index (χ1n) is 10.9. The van der Waals surface area contributed by atoms with Gasteiger partial charge in [-0.3, -0.25) is 14.3 Å². The van der Waals surface area contributed by atoms with Gasteiger partial charge in [0.15, 0.2) is 12.0 Å². The standard InChI is InChI=1S/C26H23F2N5O2/c1-4-21(32(2)3)25-31-20-11-10-17(8-9-18-13-29-16-30-14-18)12-22(20)33(25)24-19(15-34)6-5-7-23(24)35-26(27)28/h5-7,10-16,21,26H,4H2,1-3H3. The maximum atomic E-state index is 13.3. The van der Waals surface area contributed by atoms with E-state index in [-0.39, 0.29) is 23.0 Å². The first-order valence-corrected chi connectivity index (χ1v) is 10.9. The lowest BCUT2D eigenvalue weighted by molar-refractivity contribution is -0.0498. The minimum absolute atomic E-state index is 0.114. The molecular formula is C26H23F2N5O2. The van der Waals surface area contributed by atoms with Crippen LogP contribution in [0.1, 0.15) is 46.7 Å². The molecule has 2 aromatic carbocycles. The molecule has 9 heteroatoms. The van der Waals surface area contributed by atoms with E-state index in [0.29, 0.717) is 40.7 Å². The highest BCUT2D eigenvalue weighted by molar-refractivity contribution is 5.87. The minimum atomic E-state index is -3.06. The molecule has 0 spiro atoms. The maximum Gasteiger partial charge on any atom is 0.387 e. The molecule has 0 radical (unpaired) electrons. The van der Waals surface area contributed by atoms with Crippen molar-refractivity contribution in [2.75, 3.05) is 14.1 Å². The molecule has 1 atom stereocenters. The average molecular weight is 475 g/mol. The summed E-state index contributed by atoms with van der Waals surface area (Å²) in [6, 6.07) is 9.80. The topological polar surface area (TPSA) is 73.1 Å². The van der Waals surface area contributed by atoms with E-state index in [4.69, 9.17) is 9.72 Å². The second kappa shape index (κ2) is 10.4. The summed E-state index contributed by atoms with van der Waals surface area (Å²) in [5.41, 5.74) is 2.99. The Morgan fingerprint density at radius 1 is 1.11 bits per heavy atom. The molecule has 1 unspecified atom stereocenters. The van der Waals surface area contributed by atoms with Gasteiger partial charge in [-0.15, -0.1) is 0 Å². The number of nitrogens with zero attached hydrogens (tertiary/aromatic N) is 5. The Hall–Kier alpha value is -4.16. The first-order chi connectivity index (χ1) is 16.9. The lowest BCUT2D eigenvalue weighted by Crippen LogP contribution is -2.23. The van der Waals surface area contributed by atoms with Crippen LogP contribution < -0.4 is 4.74 Å². The van der Waals surface area contributed by atoms with E-state index in [0.717, 1.165) is 0 Å². The Balaban J connectivity index is 2.00. The zero-order valence-electron chi connectivity index (χ0n) is 19.4. The van der Waals surface area contributed by atoms with Crippen molar-refractivity contribution < 1.29 is 18.3 Å². The molecule has 35 heavy (non-hydrogen) atoms. The van der Waals surface area contributed by atoms with Gasteiger partial charge in [0, 0.05) is 23.5 Å². The van der Waals surface area contributed by atoms with Crippen LogP contribution in [0.2, 0.25) is 0 Å². The normalized spacial score (nSPS) is 12.0. The molecule has 0 aliphatic carbocycles. The number of hydrogen-bond acceptors (Lipinski definition) is 6. The molecule has 2 heterocycles. The third-order valence-corrected chi connectivity index (χ3v) is 5.50. The van der Waals surface area contributed by atoms with Crippen LogP contribution >= 0.6 is 0 Å². The van der Waals surface area contributed by atoms with Gasteiger partial charge in [0.05, 0.1) is 22.6 Å². The van der Waals surface area contributed by atoms with Crippen molar-refractivity contribution >= 4 is 17.3 Å². The Labute approximate surface area is 201 Å². The molecule has 0 aliphatic rings. The van der Waals surface area contributed by atoms with Gasteiger partial charge >= 0.3 is 6.61 Å². The summed E-state index contributed by atoms with van der Waals surface area (Å²) in [5, 5.41) is 0. The molecule has 2 aromatic heterocycles. The number of ether oxygens (including phenoxy) is 1. The fraction of sp³-hybridized carbons (Fsp3) is 0.231. The zero-order chi connectivity index (χ0) is 24.9. The van der Waals surface area contributed by atoms with E-state index in [1.165, 1.54) is 18.5 Å². The summed E-state index contributed by atoms with van der Waals surface area (Å²) in [7, 11) is 3.83. The predicted octanol–water partition coefficient (Wildman–Crippen LogP) is 4.64. The van der Waals surface area contributed by atoms with Crippen molar-refractivity contribution in [3.8, 4) is 23.3 Å². The van der Waals surface area contributed by atoms with E-state index < -0.39 is 6.61 Å². The van der Waals surface area contributed by atoms with Crippen LogP contribution in [0.5, 0.6) is 5.75 Å². The van der Waals surface area contributed by atoms with E-state index in [2.05, 4.69) is 21.8 Å². The third kappa shape index (κ3) is 5.03. The summed E-state index contributed by atoms with van der Waals surface area (Å²) in [6.07, 6.45) is 5.97. The van der Waals surface area contributed by atoms with Gasteiger partial charge in [-0.1, -0.05) is 24.8 Å². The molecule has 0 bridgehead atoms. The third-order valence-electron chi connectivity index (χ3n) is 5.50. The van der Waals surface area contributed by atoms with Crippen LogP contribution in [0.3, 0.4) is 0 Å².